The Balaban J connectivity index is 2.03. The zero-order chi connectivity index (χ0) is 13.8. The van der Waals surface area contributed by atoms with Crippen LogP contribution < -0.4 is 16.0 Å². The van der Waals surface area contributed by atoms with Gasteiger partial charge in [0.05, 0.1) is 6.20 Å². The summed E-state index contributed by atoms with van der Waals surface area (Å²) >= 11 is 0. The van der Waals surface area contributed by atoms with Gasteiger partial charge in [-0.15, -0.1) is 0 Å². The number of nitrogens with one attached hydrogen (secondary N) is 1. The minimum absolute atomic E-state index is 0.0483. The van der Waals surface area contributed by atoms with E-state index in [0.29, 0.717) is 18.3 Å². The Morgan fingerprint density at radius 2 is 2.53 bits per heavy atom. The number of rotatable bonds is 3. The van der Waals surface area contributed by atoms with E-state index >= 15 is 0 Å². The highest BCUT2D eigenvalue weighted by Gasteiger charge is 2.26. The number of nitrogens with zero attached hydrogens (tertiary/aromatic N) is 4. The molecule has 2 heterocycles. The lowest BCUT2D eigenvalue weighted by Crippen LogP contribution is -2.25. The zero-order valence-corrected chi connectivity index (χ0v) is 10.8. The van der Waals surface area contributed by atoms with E-state index in [1.54, 1.807) is 7.05 Å². The Bertz CT molecular complexity index is 523. The lowest BCUT2D eigenvalue weighted by Gasteiger charge is -2.16. The number of hydrogen-bond donors (Lipinski definition) is 2. The predicted octanol–water partition coefficient (Wildman–Crippen LogP) is -0.107. The highest BCUT2D eigenvalue weighted by Crippen LogP contribution is 2.23. The summed E-state index contributed by atoms with van der Waals surface area (Å²) in [6.45, 7) is 1.53. The SMILES string of the molecule is CNC(=O)CC1CCN(c2ncc(C#N)c(N)n2)C1. The molecule has 2 rings (SSSR count). The summed E-state index contributed by atoms with van der Waals surface area (Å²) in [5.41, 5.74) is 5.95. The maximum absolute atomic E-state index is 11.3. The van der Waals surface area contributed by atoms with Gasteiger partial charge >= 0.3 is 0 Å². The van der Waals surface area contributed by atoms with Crippen LogP contribution in [-0.2, 0) is 4.79 Å². The summed E-state index contributed by atoms with van der Waals surface area (Å²) in [6, 6.07) is 1.93. The minimum atomic E-state index is 0.0483. The summed E-state index contributed by atoms with van der Waals surface area (Å²) < 4.78 is 0. The Hall–Kier alpha value is -2.36. The third-order valence-corrected chi connectivity index (χ3v) is 3.25. The molecule has 7 nitrogen and oxygen atoms in total. The van der Waals surface area contributed by atoms with Crippen molar-refractivity contribution in [3.63, 3.8) is 0 Å². The number of nitrogen functional groups attached to an aromatic ring is 1. The quantitative estimate of drug-likeness (QED) is 0.785. The van der Waals surface area contributed by atoms with Crippen molar-refractivity contribution in [2.75, 3.05) is 30.8 Å². The van der Waals surface area contributed by atoms with Gasteiger partial charge in [0.1, 0.15) is 17.5 Å². The fraction of sp³-hybridized carbons (Fsp3) is 0.500. The molecule has 1 aromatic rings. The first kappa shape index (κ1) is 13.1. The van der Waals surface area contributed by atoms with Gasteiger partial charge < -0.3 is 16.0 Å². The summed E-state index contributed by atoms with van der Waals surface area (Å²) in [4.78, 5) is 21.6. The van der Waals surface area contributed by atoms with E-state index in [1.165, 1.54) is 6.20 Å². The van der Waals surface area contributed by atoms with E-state index in [1.807, 2.05) is 11.0 Å². The number of carbonyl (C=O) groups is 1. The molecule has 0 radical (unpaired) electrons. The van der Waals surface area contributed by atoms with Crippen LogP contribution in [-0.4, -0.2) is 36.0 Å². The molecule has 1 aromatic heterocycles. The number of aromatic nitrogens is 2. The molecule has 1 aliphatic rings. The third-order valence-electron chi connectivity index (χ3n) is 3.25. The van der Waals surface area contributed by atoms with Crippen molar-refractivity contribution in [2.45, 2.75) is 12.8 Å². The van der Waals surface area contributed by atoms with Crippen molar-refractivity contribution in [1.82, 2.24) is 15.3 Å². The number of anilines is 2. The molecule has 0 bridgehead atoms. The van der Waals surface area contributed by atoms with Crippen LogP contribution in [0.4, 0.5) is 11.8 Å². The molecule has 3 N–H and O–H groups in total. The maximum Gasteiger partial charge on any atom is 0.227 e. The largest absolute Gasteiger partial charge is 0.382 e. The topological polar surface area (TPSA) is 108 Å². The van der Waals surface area contributed by atoms with Crippen LogP contribution in [0.2, 0.25) is 0 Å². The molecular weight excluding hydrogens is 244 g/mol. The highest BCUT2D eigenvalue weighted by molar-refractivity contribution is 5.75. The smallest absolute Gasteiger partial charge is 0.227 e. The van der Waals surface area contributed by atoms with E-state index in [0.717, 1.165) is 19.5 Å². The summed E-state index contributed by atoms with van der Waals surface area (Å²) in [6.07, 6.45) is 2.87. The molecular formula is C12H16N6O. The van der Waals surface area contributed by atoms with Crippen LogP contribution in [0.25, 0.3) is 0 Å². The number of amides is 1. The second kappa shape index (κ2) is 5.52. The van der Waals surface area contributed by atoms with Crippen molar-refractivity contribution in [3.05, 3.63) is 11.8 Å². The van der Waals surface area contributed by atoms with E-state index in [9.17, 15) is 4.79 Å². The van der Waals surface area contributed by atoms with Crippen molar-refractivity contribution in [2.24, 2.45) is 5.92 Å². The molecule has 7 heteroatoms. The van der Waals surface area contributed by atoms with Crippen LogP contribution in [0.5, 0.6) is 0 Å². The Kier molecular flexibility index (Phi) is 3.80. The van der Waals surface area contributed by atoms with Crippen molar-refractivity contribution < 1.29 is 4.79 Å². The molecule has 0 aliphatic carbocycles. The number of nitrogens with two attached hydrogens (primary N) is 1. The molecule has 0 aromatic carbocycles. The molecule has 1 atom stereocenters. The van der Waals surface area contributed by atoms with E-state index in [2.05, 4.69) is 15.3 Å². The number of nitriles is 1. The molecule has 100 valence electrons. The number of carbonyl (C=O) groups excluding carboxylic acids is 1. The first-order valence-corrected chi connectivity index (χ1v) is 6.12. The molecule has 1 unspecified atom stereocenters. The maximum atomic E-state index is 11.3. The van der Waals surface area contributed by atoms with Crippen LogP contribution >= 0.6 is 0 Å². The normalized spacial score (nSPS) is 18.1. The van der Waals surface area contributed by atoms with Crippen LogP contribution in [0, 0.1) is 17.2 Å². The monoisotopic (exact) mass is 260 g/mol. The highest BCUT2D eigenvalue weighted by atomic mass is 16.1. The lowest BCUT2D eigenvalue weighted by molar-refractivity contribution is -0.121. The standard InChI is InChI=1S/C12H16N6O/c1-15-10(19)4-8-2-3-18(7-8)12-16-6-9(5-13)11(14)17-12/h6,8H,2-4,7H2,1H3,(H,15,19)(H2,14,16,17). The number of hydrogen-bond acceptors (Lipinski definition) is 6. The third kappa shape index (κ3) is 2.91. The van der Waals surface area contributed by atoms with Gasteiger partial charge in [0, 0.05) is 26.6 Å². The van der Waals surface area contributed by atoms with Gasteiger partial charge in [0.15, 0.2) is 0 Å². The zero-order valence-electron chi connectivity index (χ0n) is 10.8. The predicted molar refractivity (Wildman–Crippen MR) is 70.2 cm³/mol. The summed E-state index contributed by atoms with van der Waals surface area (Å²) in [5, 5.41) is 11.4. The van der Waals surface area contributed by atoms with Gasteiger partial charge in [-0.2, -0.15) is 10.2 Å². The van der Waals surface area contributed by atoms with Gasteiger partial charge in [-0.05, 0) is 12.3 Å². The first-order chi connectivity index (χ1) is 9.13. The molecule has 1 saturated heterocycles. The van der Waals surface area contributed by atoms with Crippen molar-refractivity contribution in [3.8, 4) is 6.07 Å². The van der Waals surface area contributed by atoms with E-state index in [4.69, 9.17) is 11.0 Å². The fourth-order valence-electron chi connectivity index (χ4n) is 2.17. The average Bonchev–Trinajstić information content (AvgIpc) is 2.87. The van der Waals surface area contributed by atoms with Crippen molar-refractivity contribution in [1.29, 1.82) is 5.26 Å². The molecule has 19 heavy (non-hydrogen) atoms. The molecule has 0 saturated carbocycles. The van der Waals surface area contributed by atoms with Gasteiger partial charge in [-0.3, -0.25) is 4.79 Å². The van der Waals surface area contributed by atoms with Crippen LogP contribution in [0.1, 0.15) is 18.4 Å². The molecule has 1 amide bonds. The van der Waals surface area contributed by atoms with Gasteiger partial charge in [0.25, 0.3) is 0 Å². The molecule has 1 fully saturated rings. The first-order valence-electron chi connectivity index (χ1n) is 6.12. The van der Waals surface area contributed by atoms with E-state index < -0.39 is 0 Å². The Labute approximate surface area is 111 Å². The van der Waals surface area contributed by atoms with Crippen LogP contribution in [0.15, 0.2) is 6.20 Å². The second-order valence-corrected chi connectivity index (χ2v) is 4.56. The van der Waals surface area contributed by atoms with Crippen molar-refractivity contribution >= 4 is 17.7 Å². The fourth-order valence-corrected chi connectivity index (χ4v) is 2.17. The summed E-state index contributed by atoms with van der Waals surface area (Å²) in [7, 11) is 1.64. The summed E-state index contributed by atoms with van der Waals surface area (Å²) in [5.74, 6) is 1.07. The van der Waals surface area contributed by atoms with Gasteiger partial charge in [-0.1, -0.05) is 0 Å². The molecule has 1 aliphatic heterocycles. The Morgan fingerprint density at radius 3 is 3.16 bits per heavy atom. The average molecular weight is 260 g/mol. The lowest BCUT2D eigenvalue weighted by atomic mass is 10.1. The van der Waals surface area contributed by atoms with Gasteiger partial charge in [0.2, 0.25) is 11.9 Å². The van der Waals surface area contributed by atoms with Crippen LogP contribution in [0.3, 0.4) is 0 Å². The molecule has 0 spiro atoms. The Morgan fingerprint density at radius 1 is 1.74 bits per heavy atom. The minimum Gasteiger partial charge on any atom is -0.382 e. The van der Waals surface area contributed by atoms with E-state index in [-0.39, 0.29) is 17.3 Å². The van der Waals surface area contributed by atoms with Gasteiger partial charge in [-0.25, -0.2) is 4.98 Å². The second-order valence-electron chi connectivity index (χ2n) is 4.56.